The van der Waals surface area contributed by atoms with Crippen LogP contribution >= 0.6 is 11.6 Å². The zero-order chi connectivity index (χ0) is 10.7. The van der Waals surface area contributed by atoms with Crippen molar-refractivity contribution in [3.63, 3.8) is 0 Å². The second kappa shape index (κ2) is 4.28. The lowest BCUT2D eigenvalue weighted by molar-refractivity contribution is -0.143. The molecule has 0 spiro atoms. The largest absolute Gasteiger partial charge is 0.495 e. The number of carboxylic acids is 1. The average molecular weight is 219 g/mol. The van der Waals surface area contributed by atoms with E-state index in [4.69, 9.17) is 21.4 Å². The topological polar surface area (TPSA) is 46.5 Å². The van der Waals surface area contributed by atoms with Crippen LogP contribution in [0.5, 0.6) is 5.75 Å². The van der Waals surface area contributed by atoms with Crippen molar-refractivity contribution >= 4 is 17.6 Å². The van der Waals surface area contributed by atoms with Gasteiger partial charge in [0.1, 0.15) is 5.75 Å². The van der Waals surface area contributed by atoms with E-state index in [0.29, 0.717) is 5.02 Å². The molecule has 1 unspecified atom stereocenters. The van der Waals surface area contributed by atoms with E-state index in [1.807, 2.05) is 0 Å². The first-order chi connectivity index (χ1) is 6.56. The fourth-order valence-electron chi connectivity index (χ4n) is 0.977. The predicted octanol–water partition coefficient (Wildman–Crippen LogP) is 2.44. The molecule has 3 nitrogen and oxygen atoms in total. The normalized spacial score (nSPS) is 12.2. The molecule has 1 atom stereocenters. The third kappa shape index (κ3) is 2.14. The number of ether oxygens (including phenoxy) is 1. The van der Waals surface area contributed by atoms with E-state index in [1.165, 1.54) is 25.3 Å². The molecule has 5 heteroatoms. The van der Waals surface area contributed by atoms with E-state index in [2.05, 4.69) is 0 Å². The van der Waals surface area contributed by atoms with Gasteiger partial charge in [0, 0.05) is 5.56 Å². The van der Waals surface area contributed by atoms with Crippen LogP contribution in [0.25, 0.3) is 0 Å². The molecule has 0 radical (unpaired) electrons. The Hall–Kier alpha value is -1.29. The van der Waals surface area contributed by atoms with Gasteiger partial charge < -0.3 is 9.84 Å². The molecule has 0 aromatic heterocycles. The number of benzene rings is 1. The Morgan fingerprint density at radius 3 is 2.79 bits per heavy atom. The summed E-state index contributed by atoms with van der Waals surface area (Å²) in [5, 5.41) is 8.73. The van der Waals surface area contributed by atoms with Gasteiger partial charge in [-0.3, -0.25) is 0 Å². The quantitative estimate of drug-likeness (QED) is 0.848. The molecule has 0 heterocycles. The van der Waals surface area contributed by atoms with Crippen LogP contribution in [0.3, 0.4) is 0 Å². The molecule has 1 rings (SSSR count). The van der Waals surface area contributed by atoms with Crippen LogP contribution in [-0.2, 0) is 4.79 Å². The van der Waals surface area contributed by atoms with Crippen LogP contribution in [0.4, 0.5) is 4.39 Å². The van der Waals surface area contributed by atoms with Gasteiger partial charge in [-0.05, 0) is 12.1 Å². The lowest BCUT2D eigenvalue weighted by Gasteiger charge is -2.07. The Kier molecular flexibility index (Phi) is 3.30. The number of halogens is 2. The molecule has 0 fully saturated rings. The summed E-state index contributed by atoms with van der Waals surface area (Å²) >= 11 is 5.69. The number of hydrogen-bond acceptors (Lipinski definition) is 2. The minimum atomic E-state index is -2.05. The average Bonchev–Trinajstić information content (AvgIpc) is 2.17. The minimum Gasteiger partial charge on any atom is -0.495 e. The van der Waals surface area contributed by atoms with E-state index in [0.717, 1.165) is 0 Å². The fraction of sp³-hybridized carbons (Fsp3) is 0.222. The number of hydrogen-bond donors (Lipinski definition) is 1. The van der Waals surface area contributed by atoms with Gasteiger partial charge in [-0.15, -0.1) is 0 Å². The summed E-state index contributed by atoms with van der Waals surface area (Å²) < 4.78 is 17.8. The van der Waals surface area contributed by atoms with Crippen LogP contribution in [-0.4, -0.2) is 18.2 Å². The molecule has 0 aliphatic rings. The minimum absolute atomic E-state index is 0.0127. The van der Waals surface area contributed by atoms with Gasteiger partial charge in [-0.1, -0.05) is 17.7 Å². The smallest absolute Gasteiger partial charge is 0.343 e. The summed E-state index contributed by atoms with van der Waals surface area (Å²) in [6, 6.07) is 3.97. The number of rotatable bonds is 3. The predicted molar refractivity (Wildman–Crippen MR) is 49.5 cm³/mol. The third-order valence-electron chi connectivity index (χ3n) is 1.68. The van der Waals surface area contributed by atoms with Crippen LogP contribution in [0.2, 0.25) is 5.02 Å². The SMILES string of the molecule is COc1cc(C(F)C(=O)O)ccc1Cl. The Balaban J connectivity index is 3.06. The van der Waals surface area contributed by atoms with Crippen molar-refractivity contribution in [1.29, 1.82) is 0 Å². The first kappa shape index (κ1) is 10.8. The molecule has 0 bridgehead atoms. The van der Waals surface area contributed by atoms with Crippen molar-refractivity contribution in [3.05, 3.63) is 28.8 Å². The molecule has 0 saturated carbocycles. The Bertz CT molecular complexity index is 354. The number of carboxylic acid groups (broad SMARTS) is 1. The summed E-state index contributed by atoms with van der Waals surface area (Å²) in [6.45, 7) is 0. The van der Waals surface area contributed by atoms with Crippen molar-refractivity contribution in [2.24, 2.45) is 0 Å². The zero-order valence-electron chi connectivity index (χ0n) is 7.33. The molecule has 1 aromatic carbocycles. The maximum absolute atomic E-state index is 13.0. The van der Waals surface area contributed by atoms with Crippen molar-refractivity contribution in [2.75, 3.05) is 7.11 Å². The van der Waals surface area contributed by atoms with Crippen molar-refractivity contribution in [3.8, 4) is 5.75 Å². The highest BCUT2D eigenvalue weighted by molar-refractivity contribution is 6.32. The first-order valence-corrected chi connectivity index (χ1v) is 4.14. The van der Waals surface area contributed by atoms with Gasteiger partial charge in [0.2, 0.25) is 6.17 Å². The van der Waals surface area contributed by atoms with Crippen LogP contribution in [0.15, 0.2) is 18.2 Å². The lowest BCUT2D eigenvalue weighted by atomic mass is 10.1. The Morgan fingerprint density at radius 1 is 1.64 bits per heavy atom. The maximum atomic E-state index is 13.0. The fourth-order valence-corrected chi connectivity index (χ4v) is 1.17. The van der Waals surface area contributed by atoms with Crippen molar-refractivity contribution in [1.82, 2.24) is 0 Å². The first-order valence-electron chi connectivity index (χ1n) is 3.76. The molecule has 1 N–H and O–H groups in total. The van der Waals surface area contributed by atoms with Crippen molar-refractivity contribution < 1.29 is 19.0 Å². The molecule has 0 aliphatic heterocycles. The highest BCUT2D eigenvalue weighted by Gasteiger charge is 2.19. The zero-order valence-corrected chi connectivity index (χ0v) is 8.08. The second-order valence-corrected chi connectivity index (χ2v) is 3.00. The van der Waals surface area contributed by atoms with E-state index < -0.39 is 12.1 Å². The second-order valence-electron chi connectivity index (χ2n) is 2.59. The van der Waals surface area contributed by atoms with Crippen LogP contribution in [0, 0.1) is 0 Å². The van der Waals surface area contributed by atoms with Gasteiger partial charge in [0.25, 0.3) is 0 Å². The summed E-state index contributed by atoms with van der Waals surface area (Å²) in [6.07, 6.45) is -2.05. The van der Waals surface area contributed by atoms with Crippen LogP contribution in [0.1, 0.15) is 11.7 Å². The summed E-state index contributed by atoms with van der Waals surface area (Å²) in [4.78, 5) is 10.3. The maximum Gasteiger partial charge on any atom is 0.343 e. The summed E-state index contributed by atoms with van der Waals surface area (Å²) in [7, 11) is 1.37. The molecular weight excluding hydrogens is 211 g/mol. The molecule has 0 saturated heterocycles. The molecular formula is C9H8ClFO3. The van der Waals surface area contributed by atoms with Crippen LogP contribution < -0.4 is 4.74 Å². The lowest BCUT2D eigenvalue weighted by Crippen LogP contribution is -2.05. The van der Waals surface area contributed by atoms with E-state index in [-0.39, 0.29) is 11.3 Å². The van der Waals surface area contributed by atoms with Gasteiger partial charge in [-0.25, -0.2) is 9.18 Å². The summed E-state index contributed by atoms with van der Waals surface area (Å²) in [5.41, 5.74) is 0.0127. The molecule has 1 aromatic rings. The van der Waals surface area contributed by atoms with Gasteiger partial charge in [0.15, 0.2) is 0 Å². The number of aliphatic carboxylic acids is 1. The molecule has 0 aliphatic carbocycles. The summed E-state index contributed by atoms with van der Waals surface area (Å²) in [5.74, 6) is -1.28. The van der Waals surface area contributed by atoms with Crippen molar-refractivity contribution in [2.45, 2.75) is 6.17 Å². The Morgan fingerprint density at radius 2 is 2.29 bits per heavy atom. The molecule has 14 heavy (non-hydrogen) atoms. The van der Waals surface area contributed by atoms with E-state index in [1.54, 1.807) is 0 Å². The monoisotopic (exact) mass is 218 g/mol. The number of alkyl halides is 1. The molecule has 76 valence electrons. The third-order valence-corrected chi connectivity index (χ3v) is 2.00. The number of methoxy groups -OCH3 is 1. The van der Waals surface area contributed by atoms with E-state index in [9.17, 15) is 9.18 Å². The van der Waals surface area contributed by atoms with Gasteiger partial charge in [0.05, 0.1) is 12.1 Å². The highest BCUT2D eigenvalue weighted by atomic mass is 35.5. The number of carbonyl (C=O) groups is 1. The molecule has 0 amide bonds. The van der Waals surface area contributed by atoms with E-state index >= 15 is 0 Å². The standard InChI is InChI=1S/C9H8ClFO3/c1-14-7-4-5(2-3-6(7)10)8(11)9(12)13/h2-4,8H,1H3,(H,12,13). The van der Waals surface area contributed by atoms with Gasteiger partial charge >= 0.3 is 5.97 Å². The highest BCUT2D eigenvalue weighted by Crippen LogP contribution is 2.29. The van der Waals surface area contributed by atoms with Gasteiger partial charge in [-0.2, -0.15) is 0 Å². The Labute approximate surface area is 85.1 Å².